The van der Waals surface area contributed by atoms with Crippen LogP contribution in [0.2, 0.25) is 0 Å². The molecular formula is C14H28N2. The molecule has 1 N–H and O–H groups in total. The van der Waals surface area contributed by atoms with Gasteiger partial charge in [0, 0.05) is 18.6 Å². The smallest absolute Gasteiger partial charge is 0.0133 e. The average Bonchev–Trinajstić information content (AvgIpc) is 2.78. The summed E-state index contributed by atoms with van der Waals surface area (Å²) in [6.07, 6.45) is 4.31. The van der Waals surface area contributed by atoms with Gasteiger partial charge in [-0.2, -0.15) is 0 Å². The maximum Gasteiger partial charge on any atom is 0.0133 e. The Hall–Kier alpha value is -0.0800. The van der Waals surface area contributed by atoms with E-state index in [4.69, 9.17) is 0 Å². The molecule has 0 heterocycles. The second-order valence-corrected chi connectivity index (χ2v) is 6.38. The number of nitrogens with zero attached hydrogens (tertiary/aromatic N) is 1. The summed E-state index contributed by atoms with van der Waals surface area (Å²) in [5.41, 5.74) is 0. The van der Waals surface area contributed by atoms with Crippen LogP contribution in [0.1, 0.15) is 40.0 Å². The molecule has 4 atom stereocenters. The SMILES string of the molecule is CC(C)NCC1CCC1N(C)CC1CC1C. The van der Waals surface area contributed by atoms with Crippen molar-refractivity contribution in [1.82, 2.24) is 10.2 Å². The van der Waals surface area contributed by atoms with Crippen LogP contribution in [0.4, 0.5) is 0 Å². The lowest BCUT2D eigenvalue weighted by atomic mass is 9.78. The van der Waals surface area contributed by atoms with Crippen LogP contribution in [0.15, 0.2) is 0 Å². The van der Waals surface area contributed by atoms with E-state index in [-0.39, 0.29) is 0 Å². The Labute approximate surface area is 101 Å². The van der Waals surface area contributed by atoms with Crippen LogP contribution >= 0.6 is 0 Å². The fourth-order valence-electron chi connectivity index (χ4n) is 2.92. The van der Waals surface area contributed by atoms with Crippen LogP contribution in [0, 0.1) is 17.8 Å². The summed E-state index contributed by atoms with van der Waals surface area (Å²) in [4.78, 5) is 2.63. The quantitative estimate of drug-likeness (QED) is 0.745. The number of nitrogens with one attached hydrogen (secondary N) is 1. The minimum Gasteiger partial charge on any atom is -0.314 e. The Morgan fingerprint density at radius 3 is 2.38 bits per heavy atom. The van der Waals surface area contributed by atoms with E-state index in [1.807, 2.05) is 0 Å². The molecule has 0 bridgehead atoms. The van der Waals surface area contributed by atoms with E-state index in [0.29, 0.717) is 6.04 Å². The molecule has 0 amide bonds. The number of rotatable bonds is 6. The second-order valence-electron chi connectivity index (χ2n) is 6.38. The van der Waals surface area contributed by atoms with Gasteiger partial charge in [0.25, 0.3) is 0 Å². The van der Waals surface area contributed by atoms with Crippen molar-refractivity contribution in [1.29, 1.82) is 0 Å². The predicted molar refractivity (Wildman–Crippen MR) is 69.6 cm³/mol. The van der Waals surface area contributed by atoms with E-state index in [1.54, 1.807) is 0 Å². The maximum absolute atomic E-state index is 3.58. The van der Waals surface area contributed by atoms with Gasteiger partial charge in [-0.15, -0.1) is 0 Å². The van der Waals surface area contributed by atoms with Gasteiger partial charge in [0.15, 0.2) is 0 Å². The Kier molecular flexibility index (Phi) is 3.91. The lowest BCUT2D eigenvalue weighted by Crippen LogP contribution is -2.50. The summed E-state index contributed by atoms with van der Waals surface area (Å²) in [5.74, 6) is 2.90. The third-order valence-corrected chi connectivity index (χ3v) is 4.53. The first-order chi connectivity index (χ1) is 7.58. The highest BCUT2D eigenvalue weighted by molar-refractivity contribution is 4.92. The molecule has 2 nitrogen and oxygen atoms in total. The molecule has 0 radical (unpaired) electrons. The number of hydrogen-bond acceptors (Lipinski definition) is 2. The van der Waals surface area contributed by atoms with Crippen LogP contribution in [-0.4, -0.2) is 37.1 Å². The van der Waals surface area contributed by atoms with Crippen molar-refractivity contribution < 1.29 is 0 Å². The fourth-order valence-corrected chi connectivity index (χ4v) is 2.92. The van der Waals surface area contributed by atoms with Gasteiger partial charge in [-0.25, -0.2) is 0 Å². The van der Waals surface area contributed by atoms with Crippen LogP contribution in [0.25, 0.3) is 0 Å². The molecule has 0 saturated heterocycles. The third kappa shape index (κ3) is 2.98. The van der Waals surface area contributed by atoms with Crippen molar-refractivity contribution in [2.75, 3.05) is 20.1 Å². The van der Waals surface area contributed by atoms with Crippen LogP contribution in [0.3, 0.4) is 0 Å². The largest absolute Gasteiger partial charge is 0.314 e. The normalized spacial score (nSPS) is 37.9. The first-order valence-electron chi connectivity index (χ1n) is 7.01. The lowest BCUT2D eigenvalue weighted by Gasteiger charge is -2.43. The van der Waals surface area contributed by atoms with Gasteiger partial charge < -0.3 is 10.2 Å². The van der Waals surface area contributed by atoms with E-state index >= 15 is 0 Å². The van der Waals surface area contributed by atoms with Gasteiger partial charge in [0.05, 0.1) is 0 Å². The van der Waals surface area contributed by atoms with Crippen molar-refractivity contribution in [2.45, 2.75) is 52.1 Å². The molecule has 0 aliphatic heterocycles. The minimum absolute atomic E-state index is 0.634. The molecule has 2 saturated carbocycles. The maximum atomic E-state index is 3.58. The van der Waals surface area contributed by atoms with E-state index < -0.39 is 0 Å². The van der Waals surface area contributed by atoms with E-state index in [2.05, 4.69) is 38.0 Å². The molecule has 0 spiro atoms. The molecule has 2 aliphatic carbocycles. The molecule has 4 unspecified atom stereocenters. The topological polar surface area (TPSA) is 15.3 Å². The van der Waals surface area contributed by atoms with Gasteiger partial charge in [-0.05, 0) is 50.6 Å². The molecule has 0 aromatic heterocycles. The highest BCUT2D eigenvalue weighted by Gasteiger charge is 2.38. The highest BCUT2D eigenvalue weighted by atomic mass is 15.2. The molecule has 2 heteroatoms. The zero-order valence-electron chi connectivity index (χ0n) is 11.4. The Balaban J connectivity index is 1.68. The zero-order valence-corrected chi connectivity index (χ0v) is 11.4. The summed E-state index contributed by atoms with van der Waals surface area (Å²) < 4.78 is 0. The van der Waals surface area contributed by atoms with E-state index in [1.165, 1.54) is 32.4 Å². The fraction of sp³-hybridized carbons (Fsp3) is 1.00. The standard InChI is InChI=1S/C14H28N2/c1-10(2)15-8-12-5-6-14(12)16(4)9-13-7-11(13)3/h10-15H,5-9H2,1-4H3. The summed E-state index contributed by atoms with van der Waals surface area (Å²) in [7, 11) is 2.33. The van der Waals surface area contributed by atoms with Crippen molar-refractivity contribution in [3.8, 4) is 0 Å². The summed E-state index contributed by atoms with van der Waals surface area (Å²) in [6, 6.07) is 1.49. The lowest BCUT2D eigenvalue weighted by molar-refractivity contribution is 0.0778. The predicted octanol–water partition coefficient (Wildman–Crippen LogP) is 2.35. The molecule has 2 aliphatic rings. The second kappa shape index (κ2) is 5.05. The summed E-state index contributed by atoms with van der Waals surface area (Å²) in [6.45, 7) is 9.42. The van der Waals surface area contributed by atoms with Gasteiger partial charge in [-0.3, -0.25) is 0 Å². The molecular weight excluding hydrogens is 196 g/mol. The Morgan fingerprint density at radius 1 is 1.25 bits per heavy atom. The van der Waals surface area contributed by atoms with Crippen molar-refractivity contribution in [3.05, 3.63) is 0 Å². The summed E-state index contributed by atoms with van der Waals surface area (Å²) >= 11 is 0. The van der Waals surface area contributed by atoms with Crippen LogP contribution in [0.5, 0.6) is 0 Å². The molecule has 2 fully saturated rings. The minimum atomic E-state index is 0.634. The molecule has 0 aromatic carbocycles. The molecule has 94 valence electrons. The Morgan fingerprint density at radius 2 is 1.94 bits per heavy atom. The first-order valence-corrected chi connectivity index (χ1v) is 7.01. The average molecular weight is 224 g/mol. The van der Waals surface area contributed by atoms with E-state index in [9.17, 15) is 0 Å². The van der Waals surface area contributed by atoms with Crippen molar-refractivity contribution in [2.24, 2.45) is 17.8 Å². The molecule has 0 aromatic rings. The third-order valence-electron chi connectivity index (χ3n) is 4.53. The number of hydrogen-bond donors (Lipinski definition) is 1. The van der Waals surface area contributed by atoms with Gasteiger partial charge in [-0.1, -0.05) is 20.8 Å². The van der Waals surface area contributed by atoms with Gasteiger partial charge in [0.1, 0.15) is 0 Å². The first kappa shape index (κ1) is 12.4. The van der Waals surface area contributed by atoms with Crippen molar-refractivity contribution in [3.63, 3.8) is 0 Å². The van der Waals surface area contributed by atoms with Crippen LogP contribution < -0.4 is 5.32 Å². The highest BCUT2D eigenvalue weighted by Crippen LogP contribution is 2.40. The molecule has 16 heavy (non-hydrogen) atoms. The van der Waals surface area contributed by atoms with E-state index in [0.717, 1.165) is 23.8 Å². The van der Waals surface area contributed by atoms with Gasteiger partial charge >= 0.3 is 0 Å². The van der Waals surface area contributed by atoms with Crippen LogP contribution in [-0.2, 0) is 0 Å². The monoisotopic (exact) mass is 224 g/mol. The van der Waals surface area contributed by atoms with Crippen molar-refractivity contribution >= 4 is 0 Å². The molecule has 2 rings (SSSR count). The Bertz CT molecular complexity index is 227. The summed E-state index contributed by atoms with van der Waals surface area (Å²) in [5, 5.41) is 3.58. The van der Waals surface area contributed by atoms with Gasteiger partial charge in [0.2, 0.25) is 0 Å². The zero-order chi connectivity index (χ0) is 11.7.